The van der Waals surface area contributed by atoms with Gasteiger partial charge < -0.3 is 9.47 Å². The molecular weight excluding hydrogens is 192 g/mol. The maximum atomic E-state index is 11.0. The largest absolute Gasteiger partial charge is 0.454 e. The second kappa shape index (κ2) is 3.26. The minimum Gasteiger partial charge on any atom is -0.454 e. The summed E-state index contributed by atoms with van der Waals surface area (Å²) in [6.07, 6.45) is 2.37. The minimum absolute atomic E-state index is 0.0193. The molecule has 1 saturated heterocycles. The summed E-state index contributed by atoms with van der Waals surface area (Å²) < 4.78 is 31.7. The second-order valence-corrected chi connectivity index (χ2v) is 4.65. The van der Waals surface area contributed by atoms with Crippen LogP contribution in [0.15, 0.2) is 35.7 Å². The molecule has 0 radical (unpaired) electrons. The van der Waals surface area contributed by atoms with E-state index < -0.39 is 9.84 Å². The molecule has 5 heteroatoms. The number of ether oxygens (including phenoxy) is 2. The number of rotatable bonds is 2. The fraction of sp³-hybridized carbons (Fsp3) is 0.250. The minimum atomic E-state index is -3.26. The lowest BCUT2D eigenvalue weighted by atomic mass is 10.4. The molecule has 0 aromatic carbocycles. The molecule has 0 bridgehead atoms. The van der Waals surface area contributed by atoms with Crippen LogP contribution in [-0.2, 0) is 19.3 Å². The van der Waals surface area contributed by atoms with Crippen molar-refractivity contribution in [3.63, 3.8) is 0 Å². The van der Waals surface area contributed by atoms with Gasteiger partial charge in [0.15, 0.2) is 21.4 Å². The van der Waals surface area contributed by atoms with E-state index in [2.05, 4.69) is 13.2 Å². The van der Waals surface area contributed by atoms with Gasteiger partial charge in [-0.2, -0.15) is 0 Å². The average Bonchev–Trinajstić information content (AvgIpc) is 2.34. The normalized spacial score (nSPS) is 19.8. The van der Waals surface area contributed by atoms with E-state index in [0.29, 0.717) is 11.5 Å². The van der Waals surface area contributed by atoms with E-state index in [-0.39, 0.29) is 11.7 Å². The van der Waals surface area contributed by atoms with Crippen LogP contribution < -0.4 is 0 Å². The summed E-state index contributed by atoms with van der Waals surface area (Å²) in [5.41, 5.74) is 0. The molecule has 1 fully saturated rings. The van der Waals surface area contributed by atoms with Crippen molar-refractivity contribution in [3.8, 4) is 0 Å². The van der Waals surface area contributed by atoms with Gasteiger partial charge in [-0.25, -0.2) is 8.42 Å². The molecule has 1 aliphatic rings. The lowest BCUT2D eigenvalue weighted by Crippen LogP contribution is -1.98. The summed E-state index contributed by atoms with van der Waals surface area (Å²) in [6, 6.07) is 0. The lowest BCUT2D eigenvalue weighted by molar-refractivity contribution is 0.0980. The molecule has 0 amide bonds. The molecule has 0 saturated carbocycles. The SMILES string of the molecule is C=C1OCO/C1=C/C(=C)S(C)(=O)=O. The second-order valence-electron chi connectivity index (χ2n) is 2.58. The summed E-state index contributed by atoms with van der Waals surface area (Å²) >= 11 is 0. The highest BCUT2D eigenvalue weighted by atomic mass is 32.2. The maximum Gasteiger partial charge on any atom is 0.231 e. The molecule has 1 heterocycles. The number of hydrogen-bond donors (Lipinski definition) is 0. The first-order valence-corrected chi connectivity index (χ1v) is 5.36. The van der Waals surface area contributed by atoms with Gasteiger partial charge in [-0.15, -0.1) is 0 Å². The Balaban J connectivity index is 2.89. The van der Waals surface area contributed by atoms with E-state index >= 15 is 0 Å². The molecule has 1 rings (SSSR count). The summed E-state index contributed by atoms with van der Waals surface area (Å²) in [5.74, 6) is 0.639. The highest BCUT2D eigenvalue weighted by Gasteiger charge is 2.16. The van der Waals surface area contributed by atoms with Gasteiger partial charge in [0, 0.05) is 12.3 Å². The molecule has 4 nitrogen and oxygen atoms in total. The standard InChI is InChI=1S/C8H10O4S/c1-6(13(3,9)10)4-8-7(2)11-5-12-8/h4H,1-2,5H2,3H3/b8-4+. The molecule has 0 atom stereocenters. The summed E-state index contributed by atoms with van der Waals surface area (Å²) in [5, 5.41) is 0. The van der Waals surface area contributed by atoms with Crippen molar-refractivity contribution in [2.75, 3.05) is 13.0 Å². The smallest absolute Gasteiger partial charge is 0.231 e. The Kier molecular flexibility index (Phi) is 2.47. The van der Waals surface area contributed by atoms with Gasteiger partial charge in [-0.05, 0) is 0 Å². The van der Waals surface area contributed by atoms with Crippen molar-refractivity contribution in [3.05, 3.63) is 35.7 Å². The Morgan fingerprint density at radius 3 is 2.54 bits per heavy atom. The van der Waals surface area contributed by atoms with Crippen molar-refractivity contribution in [2.24, 2.45) is 0 Å². The van der Waals surface area contributed by atoms with Crippen molar-refractivity contribution in [1.82, 2.24) is 0 Å². The van der Waals surface area contributed by atoms with E-state index in [0.717, 1.165) is 6.26 Å². The maximum absolute atomic E-state index is 11.0. The number of sulfone groups is 1. The van der Waals surface area contributed by atoms with Crippen molar-refractivity contribution in [2.45, 2.75) is 0 Å². The predicted molar refractivity (Wildman–Crippen MR) is 48.2 cm³/mol. The fourth-order valence-corrected chi connectivity index (χ4v) is 1.01. The Morgan fingerprint density at radius 2 is 2.15 bits per heavy atom. The summed E-state index contributed by atoms with van der Waals surface area (Å²) in [6.45, 7) is 6.97. The van der Waals surface area contributed by atoms with E-state index in [1.807, 2.05) is 0 Å². The number of allylic oxidation sites excluding steroid dienone is 1. The van der Waals surface area contributed by atoms with Crippen LogP contribution in [0.1, 0.15) is 0 Å². The van der Waals surface area contributed by atoms with E-state index in [1.165, 1.54) is 6.08 Å². The molecule has 1 aliphatic heterocycles. The quantitative estimate of drug-likeness (QED) is 0.669. The van der Waals surface area contributed by atoms with E-state index in [1.54, 1.807) is 0 Å². The van der Waals surface area contributed by atoms with Crippen LogP contribution in [0, 0.1) is 0 Å². The zero-order valence-electron chi connectivity index (χ0n) is 7.24. The fourth-order valence-electron chi connectivity index (χ4n) is 0.691. The highest BCUT2D eigenvalue weighted by Crippen LogP contribution is 2.21. The summed E-state index contributed by atoms with van der Waals surface area (Å²) in [7, 11) is -3.26. The van der Waals surface area contributed by atoms with Crippen molar-refractivity contribution in [1.29, 1.82) is 0 Å². The molecule has 0 unspecified atom stereocenters. The molecule has 0 N–H and O–H groups in total. The highest BCUT2D eigenvalue weighted by molar-refractivity contribution is 7.94. The molecular formula is C8H10O4S. The molecule has 13 heavy (non-hydrogen) atoms. The van der Waals surface area contributed by atoms with Crippen LogP contribution in [0.3, 0.4) is 0 Å². The van der Waals surface area contributed by atoms with Gasteiger partial charge in [-0.3, -0.25) is 0 Å². The Morgan fingerprint density at radius 1 is 1.54 bits per heavy atom. The first kappa shape index (κ1) is 9.85. The molecule has 0 aliphatic carbocycles. The zero-order chi connectivity index (χ0) is 10.1. The van der Waals surface area contributed by atoms with Crippen molar-refractivity contribution >= 4 is 9.84 Å². The molecule has 0 aromatic rings. The van der Waals surface area contributed by atoms with Gasteiger partial charge in [-0.1, -0.05) is 13.2 Å². The molecule has 0 spiro atoms. The van der Waals surface area contributed by atoms with Gasteiger partial charge in [0.25, 0.3) is 0 Å². The Hall–Kier alpha value is -1.23. The third-order valence-electron chi connectivity index (χ3n) is 1.49. The van der Waals surface area contributed by atoms with Gasteiger partial charge >= 0.3 is 0 Å². The van der Waals surface area contributed by atoms with Crippen LogP contribution in [0.5, 0.6) is 0 Å². The van der Waals surface area contributed by atoms with E-state index in [4.69, 9.17) is 9.47 Å². The van der Waals surface area contributed by atoms with Gasteiger partial charge in [0.2, 0.25) is 6.79 Å². The lowest BCUT2D eigenvalue weighted by Gasteiger charge is -1.97. The zero-order valence-corrected chi connectivity index (χ0v) is 8.06. The average molecular weight is 202 g/mol. The topological polar surface area (TPSA) is 52.6 Å². The molecule has 0 aromatic heterocycles. The van der Waals surface area contributed by atoms with Crippen LogP contribution in [0.25, 0.3) is 0 Å². The van der Waals surface area contributed by atoms with Crippen LogP contribution in [-0.4, -0.2) is 21.5 Å². The Bertz CT molecular complexity index is 375. The first-order valence-electron chi connectivity index (χ1n) is 3.47. The first-order chi connectivity index (χ1) is 5.91. The van der Waals surface area contributed by atoms with Crippen molar-refractivity contribution < 1.29 is 17.9 Å². The van der Waals surface area contributed by atoms with Gasteiger partial charge in [0.1, 0.15) is 0 Å². The van der Waals surface area contributed by atoms with Gasteiger partial charge in [0.05, 0.1) is 4.91 Å². The van der Waals surface area contributed by atoms with Crippen LogP contribution in [0.2, 0.25) is 0 Å². The third kappa shape index (κ3) is 2.35. The summed E-state index contributed by atoms with van der Waals surface area (Å²) in [4.78, 5) is -0.0193. The molecule has 72 valence electrons. The monoisotopic (exact) mass is 202 g/mol. The Labute approximate surface area is 77.1 Å². The van der Waals surface area contributed by atoms with E-state index in [9.17, 15) is 8.42 Å². The number of hydrogen-bond acceptors (Lipinski definition) is 4. The predicted octanol–water partition coefficient (Wildman–Crippen LogP) is 0.947. The van der Waals surface area contributed by atoms with Crippen LogP contribution in [0.4, 0.5) is 0 Å². The third-order valence-corrected chi connectivity index (χ3v) is 2.56. The van der Waals surface area contributed by atoms with Crippen LogP contribution >= 0.6 is 0 Å².